The fourth-order valence-electron chi connectivity index (χ4n) is 1.33. The van der Waals surface area contributed by atoms with Crippen LogP contribution in [0.25, 0.3) is 0 Å². The molecular weight excluding hydrogens is 212 g/mol. The van der Waals surface area contributed by atoms with Gasteiger partial charge in [0.25, 0.3) is 0 Å². The fourth-order valence-corrected chi connectivity index (χ4v) is 1.81. The van der Waals surface area contributed by atoms with Crippen LogP contribution >= 0.6 is 15.9 Å². The first kappa shape index (κ1) is 9.00. The molecule has 0 spiro atoms. The van der Waals surface area contributed by atoms with E-state index in [1.807, 2.05) is 0 Å². The van der Waals surface area contributed by atoms with Crippen LogP contribution in [0.15, 0.2) is 0 Å². The minimum atomic E-state index is -0.788. The molecule has 0 saturated heterocycles. The third kappa shape index (κ3) is 2.17. The second-order valence-corrected chi connectivity index (χ2v) is 4.11. The van der Waals surface area contributed by atoms with E-state index in [4.69, 9.17) is 5.11 Å². The van der Waals surface area contributed by atoms with E-state index < -0.39 is 12.1 Å². The molecule has 1 aliphatic rings. The van der Waals surface area contributed by atoms with Crippen LogP contribution in [0.4, 0.5) is 0 Å². The van der Waals surface area contributed by atoms with Crippen molar-refractivity contribution in [1.29, 1.82) is 0 Å². The summed E-state index contributed by atoms with van der Waals surface area (Å²) in [5.74, 6) is -1.14. The maximum Gasteiger partial charge on any atom is 0.306 e. The molecule has 1 fully saturated rings. The quantitative estimate of drug-likeness (QED) is 0.652. The number of carboxylic acid groups (broad SMARTS) is 1. The molecule has 4 heteroatoms. The van der Waals surface area contributed by atoms with Gasteiger partial charge in [0.15, 0.2) is 0 Å². The fraction of sp³-hybridized carbons (Fsp3) is 0.857. The molecule has 0 aromatic carbocycles. The number of aliphatic hydroxyl groups excluding tert-OH is 1. The van der Waals surface area contributed by atoms with Crippen molar-refractivity contribution in [2.75, 3.05) is 0 Å². The summed E-state index contributed by atoms with van der Waals surface area (Å²) in [6.45, 7) is 0. The predicted octanol–water partition coefficient (Wildman–Crippen LogP) is 0.995. The minimum absolute atomic E-state index is 0.0816. The molecule has 1 rings (SSSR count). The molecule has 0 aromatic heterocycles. The Balaban J connectivity index is 2.46. The van der Waals surface area contributed by atoms with E-state index in [0.29, 0.717) is 12.8 Å². The van der Waals surface area contributed by atoms with Crippen LogP contribution in [0.5, 0.6) is 0 Å². The molecule has 1 saturated carbocycles. The molecule has 1 aliphatic carbocycles. The first-order valence-electron chi connectivity index (χ1n) is 3.66. The molecule has 0 bridgehead atoms. The zero-order chi connectivity index (χ0) is 8.43. The van der Waals surface area contributed by atoms with Crippen molar-refractivity contribution in [1.82, 2.24) is 0 Å². The number of aliphatic hydroxyl groups is 1. The number of halogens is 1. The van der Waals surface area contributed by atoms with Gasteiger partial charge >= 0.3 is 5.97 Å². The van der Waals surface area contributed by atoms with Crippen molar-refractivity contribution in [2.45, 2.75) is 30.2 Å². The number of hydrogen-bond acceptors (Lipinski definition) is 2. The lowest BCUT2D eigenvalue weighted by atomic mass is 9.87. The van der Waals surface area contributed by atoms with Gasteiger partial charge in [-0.15, -0.1) is 0 Å². The molecule has 0 amide bonds. The van der Waals surface area contributed by atoms with Crippen LogP contribution in [0, 0.1) is 5.92 Å². The van der Waals surface area contributed by atoms with E-state index in [9.17, 15) is 9.90 Å². The summed E-state index contributed by atoms with van der Waals surface area (Å²) < 4.78 is 0. The van der Waals surface area contributed by atoms with Crippen LogP contribution in [0.1, 0.15) is 19.3 Å². The lowest BCUT2D eigenvalue weighted by Crippen LogP contribution is -2.32. The molecule has 0 radical (unpaired) electrons. The van der Waals surface area contributed by atoms with Crippen molar-refractivity contribution in [3.8, 4) is 0 Å². The molecule has 64 valence electrons. The van der Waals surface area contributed by atoms with E-state index >= 15 is 0 Å². The second-order valence-electron chi connectivity index (χ2n) is 2.93. The molecule has 3 nitrogen and oxygen atoms in total. The number of aliphatic carboxylic acids is 1. The van der Waals surface area contributed by atoms with Crippen LogP contribution in [0.3, 0.4) is 0 Å². The highest BCUT2D eigenvalue weighted by Crippen LogP contribution is 2.29. The molecule has 0 heterocycles. The number of carboxylic acids is 1. The molecule has 11 heavy (non-hydrogen) atoms. The van der Waals surface area contributed by atoms with Crippen molar-refractivity contribution >= 4 is 21.9 Å². The van der Waals surface area contributed by atoms with Crippen molar-refractivity contribution in [2.24, 2.45) is 5.92 Å². The number of carbonyl (C=O) groups is 1. The Morgan fingerprint density at radius 3 is 2.55 bits per heavy atom. The van der Waals surface area contributed by atoms with Crippen molar-refractivity contribution in [3.63, 3.8) is 0 Å². The van der Waals surface area contributed by atoms with Gasteiger partial charge in [0.1, 0.15) is 0 Å². The minimum Gasteiger partial charge on any atom is -0.481 e. The average molecular weight is 223 g/mol. The highest BCUT2D eigenvalue weighted by atomic mass is 79.9. The standard InChI is InChI=1S/C7H11BrO3/c8-5-2-1-4(7(10)11)3-6(5)9/h4-6,9H,1-3H2,(H,10,11)/t4-,5-,6-/m1/s1. The Morgan fingerprint density at radius 1 is 1.45 bits per heavy atom. The SMILES string of the molecule is O=C(O)[C@@H]1CC[C@@H](Br)[C@H](O)C1. The molecule has 3 atom stereocenters. The summed E-state index contributed by atoms with van der Waals surface area (Å²) >= 11 is 3.29. The van der Waals surface area contributed by atoms with Crippen molar-refractivity contribution < 1.29 is 15.0 Å². The monoisotopic (exact) mass is 222 g/mol. The molecule has 0 aliphatic heterocycles. The maximum atomic E-state index is 10.5. The van der Waals surface area contributed by atoms with Gasteiger partial charge in [0, 0.05) is 4.83 Å². The smallest absolute Gasteiger partial charge is 0.306 e. The Hall–Kier alpha value is -0.0900. The van der Waals surface area contributed by atoms with Crippen molar-refractivity contribution in [3.05, 3.63) is 0 Å². The molecule has 0 unspecified atom stereocenters. The van der Waals surface area contributed by atoms with Gasteiger partial charge in [0.05, 0.1) is 12.0 Å². The topological polar surface area (TPSA) is 57.5 Å². The van der Waals surface area contributed by atoms with E-state index in [-0.39, 0.29) is 10.7 Å². The summed E-state index contributed by atoms with van der Waals surface area (Å²) in [5.41, 5.74) is 0. The second kappa shape index (κ2) is 3.54. The number of alkyl halides is 1. The Labute approximate surface area is 73.5 Å². The maximum absolute atomic E-state index is 10.5. The number of rotatable bonds is 1. The summed E-state index contributed by atoms with van der Waals surface area (Å²) in [7, 11) is 0. The average Bonchev–Trinajstić information content (AvgIpc) is 1.94. The predicted molar refractivity (Wildman–Crippen MR) is 43.7 cm³/mol. The summed E-state index contributed by atoms with van der Waals surface area (Å²) in [6.07, 6.45) is 1.30. The van der Waals surface area contributed by atoms with E-state index in [1.165, 1.54) is 0 Å². The summed E-state index contributed by atoms with van der Waals surface area (Å²) in [4.78, 5) is 10.6. The largest absolute Gasteiger partial charge is 0.481 e. The third-order valence-corrected chi connectivity index (χ3v) is 3.15. The van der Waals surface area contributed by atoms with Crippen LogP contribution in [-0.2, 0) is 4.79 Å². The van der Waals surface area contributed by atoms with E-state index in [0.717, 1.165) is 6.42 Å². The lowest BCUT2D eigenvalue weighted by molar-refractivity contribution is -0.144. The zero-order valence-electron chi connectivity index (χ0n) is 6.03. The zero-order valence-corrected chi connectivity index (χ0v) is 7.62. The number of hydrogen-bond donors (Lipinski definition) is 2. The van der Waals surface area contributed by atoms with Crippen LogP contribution < -0.4 is 0 Å². The molecule has 0 aromatic rings. The Morgan fingerprint density at radius 2 is 2.09 bits per heavy atom. The Kier molecular flexibility index (Phi) is 2.90. The first-order chi connectivity index (χ1) is 5.11. The van der Waals surface area contributed by atoms with E-state index in [2.05, 4.69) is 15.9 Å². The van der Waals surface area contributed by atoms with Gasteiger partial charge in [-0.2, -0.15) is 0 Å². The lowest BCUT2D eigenvalue weighted by Gasteiger charge is -2.27. The van der Waals surface area contributed by atoms with Gasteiger partial charge < -0.3 is 10.2 Å². The van der Waals surface area contributed by atoms with Gasteiger partial charge in [-0.25, -0.2) is 0 Å². The first-order valence-corrected chi connectivity index (χ1v) is 4.57. The summed E-state index contributed by atoms with van der Waals surface area (Å²) in [6, 6.07) is 0. The van der Waals surface area contributed by atoms with Crippen LogP contribution in [-0.4, -0.2) is 27.1 Å². The summed E-state index contributed by atoms with van der Waals surface area (Å²) in [5, 5.41) is 17.9. The normalized spacial score (nSPS) is 38.5. The van der Waals surface area contributed by atoms with Gasteiger partial charge in [0.2, 0.25) is 0 Å². The molecule has 2 N–H and O–H groups in total. The van der Waals surface area contributed by atoms with Gasteiger partial charge in [-0.1, -0.05) is 15.9 Å². The van der Waals surface area contributed by atoms with Crippen LogP contribution in [0.2, 0.25) is 0 Å². The van der Waals surface area contributed by atoms with Gasteiger partial charge in [-0.3, -0.25) is 4.79 Å². The Bertz CT molecular complexity index is 160. The molecular formula is C7H11BrO3. The van der Waals surface area contributed by atoms with Gasteiger partial charge in [-0.05, 0) is 19.3 Å². The third-order valence-electron chi connectivity index (χ3n) is 2.08. The van der Waals surface area contributed by atoms with E-state index in [1.54, 1.807) is 0 Å². The highest BCUT2D eigenvalue weighted by molar-refractivity contribution is 9.09. The highest BCUT2D eigenvalue weighted by Gasteiger charge is 2.30.